The third-order valence-electron chi connectivity index (χ3n) is 2.63. The van der Waals surface area contributed by atoms with Crippen molar-refractivity contribution in [2.45, 2.75) is 6.42 Å². The summed E-state index contributed by atoms with van der Waals surface area (Å²) in [5.74, 6) is 1.09. The van der Waals surface area contributed by atoms with E-state index in [-0.39, 0.29) is 5.91 Å². The van der Waals surface area contributed by atoms with E-state index in [0.717, 1.165) is 18.8 Å². The molecule has 0 radical (unpaired) electrons. The molecule has 18 heavy (non-hydrogen) atoms. The van der Waals surface area contributed by atoms with Gasteiger partial charge in [-0.2, -0.15) is 11.8 Å². The first kappa shape index (κ1) is 14.9. The number of anilines is 2. The van der Waals surface area contributed by atoms with Crippen molar-refractivity contribution >= 4 is 29.0 Å². The summed E-state index contributed by atoms with van der Waals surface area (Å²) in [6.07, 6.45) is 2.57. The largest absolute Gasteiger partial charge is 0.397 e. The first-order valence-electron chi connectivity index (χ1n) is 5.95. The zero-order valence-electron chi connectivity index (χ0n) is 11.0. The van der Waals surface area contributed by atoms with Gasteiger partial charge in [-0.15, -0.1) is 0 Å². The molecule has 0 aliphatic rings. The number of nitrogens with two attached hydrogens (primary N) is 1. The van der Waals surface area contributed by atoms with Gasteiger partial charge in [0.1, 0.15) is 0 Å². The summed E-state index contributed by atoms with van der Waals surface area (Å²) in [7, 11) is 2.03. The van der Waals surface area contributed by atoms with Crippen LogP contribution >= 0.6 is 11.8 Å². The van der Waals surface area contributed by atoms with Crippen LogP contribution in [0.2, 0.25) is 0 Å². The van der Waals surface area contributed by atoms with Gasteiger partial charge in [0.2, 0.25) is 5.91 Å². The minimum Gasteiger partial charge on any atom is -0.397 e. The highest BCUT2D eigenvalue weighted by Crippen LogP contribution is 2.16. The number of hydrogen-bond acceptors (Lipinski definition) is 4. The van der Waals surface area contributed by atoms with E-state index in [4.69, 9.17) is 5.73 Å². The van der Waals surface area contributed by atoms with Crippen molar-refractivity contribution in [1.29, 1.82) is 0 Å². The number of benzene rings is 1. The molecular formula is C13H21N3OS. The zero-order chi connectivity index (χ0) is 13.4. The van der Waals surface area contributed by atoms with Crippen molar-refractivity contribution in [2.24, 2.45) is 0 Å². The number of nitrogens with one attached hydrogen (secondary N) is 1. The number of nitrogens with zero attached hydrogens (tertiary/aromatic N) is 1. The maximum atomic E-state index is 11.7. The van der Waals surface area contributed by atoms with Crippen LogP contribution in [0.4, 0.5) is 11.4 Å². The molecule has 0 saturated heterocycles. The Bertz CT molecular complexity index is 384. The highest BCUT2D eigenvalue weighted by atomic mass is 32.2. The molecule has 0 aromatic heterocycles. The van der Waals surface area contributed by atoms with Gasteiger partial charge in [-0.1, -0.05) is 12.1 Å². The first-order chi connectivity index (χ1) is 8.63. The lowest BCUT2D eigenvalue weighted by Gasteiger charge is -2.15. The molecule has 100 valence electrons. The van der Waals surface area contributed by atoms with Crippen LogP contribution < -0.4 is 11.1 Å². The van der Waals surface area contributed by atoms with Crippen LogP contribution in [0.25, 0.3) is 0 Å². The van der Waals surface area contributed by atoms with Crippen LogP contribution in [0.5, 0.6) is 0 Å². The Morgan fingerprint density at radius 1 is 1.39 bits per heavy atom. The van der Waals surface area contributed by atoms with Gasteiger partial charge < -0.3 is 16.0 Å². The Morgan fingerprint density at radius 3 is 2.78 bits per heavy atom. The third-order valence-corrected chi connectivity index (χ3v) is 3.22. The first-order valence-corrected chi connectivity index (χ1v) is 7.34. The summed E-state index contributed by atoms with van der Waals surface area (Å²) in [5.41, 5.74) is 7.05. The lowest BCUT2D eigenvalue weighted by molar-refractivity contribution is -0.116. The number of carbonyl (C=O) groups is 1. The van der Waals surface area contributed by atoms with Gasteiger partial charge in [-0.05, 0) is 25.4 Å². The van der Waals surface area contributed by atoms with Gasteiger partial charge in [0.15, 0.2) is 0 Å². The van der Waals surface area contributed by atoms with Gasteiger partial charge in [0, 0.05) is 25.3 Å². The third kappa shape index (κ3) is 5.42. The predicted octanol–water partition coefficient (Wildman–Crippen LogP) is 1.89. The summed E-state index contributed by atoms with van der Waals surface area (Å²) in [5, 5.41) is 2.83. The van der Waals surface area contributed by atoms with Gasteiger partial charge in [-0.3, -0.25) is 4.79 Å². The lowest BCUT2D eigenvalue weighted by Crippen LogP contribution is -2.26. The summed E-state index contributed by atoms with van der Waals surface area (Å²) >= 11 is 1.81. The summed E-state index contributed by atoms with van der Waals surface area (Å²) < 4.78 is 0. The van der Waals surface area contributed by atoms with E-state index in [1.54, 1.807) is 6.07 Å². The Morgan fingerprint density at radius 2 is 2.11 bits per heavy atom. The summed E-state index contributed by atoms with van der Waals surface area (Å²) in [6.45, 7) is 1.76. The van der Waals surface area contributed by atoms with E-state index < -0.39 is 0 Å². The van der Waals surface area contributed by atoms with E-state index in [1.165, 1.54) is 0 Å². The van der Waals surface area contributed by atoms with E-state index >= 15 is 0 Å². The molecule has 1 aromatic rings. The van der Waals surface area contributed by atoms with Crippen molar-refractivity contribution in [3.8, 4) is 0 Å². The minimum absolute atomic E-state index is 0.00361. The molecule has 0 bridgehead atoms. The fourth-order valence-corrected chi connectivity index (χ4v) is 1.97. The average Bonchev–Trinajstić information content (AvgIpc) is 2.36. The highest BCUT2D eigenvalue weighted by molar-refractivity contribution is 7.98. The van der Waals surface area contributed by atoms with Crippen LogP contribution in [-0.2, 0) is 4.79 Å². The van der Waals surface area contributed by atoms with Gasteiger partial charge in [0.05, 0.1) is 11.4 Å². The molecule has 0 aliphatic carbocycles. The molecule has 0 spiro atoms. The molecule has 0 aliphatic heterocycles. The topological polar surface area (TPSA) is 58.4 Å². The quantitative estimate of drug-likeness (QED) is 0.741. The molecule has 0 fully saturated rings. The Hall–Kier alpha value is -1.20. The van der Waals surface area contributed by atoms with Gasteiger partial charge >= 0.3 is 0 Å². The number of nitrogen functional groups attached to an aromatic ring is 1. The van der Waals surface area contributed by atoms with Crippen molar-refractivity contribution in [1.82, 2.24) is 4.90 Å². The van der Waals surface area contributed by atoms with Crippen LogP contribution in [0.3, 0.4) is 0 Å². The van der Waals surface area contributed by atoms with Crippen molar-refractivity contribution < 1.29 is 4.79 Å². The van der Waals surface area contributed by atoms with E-state index in [9.17, 15) is 4.79 Å². The van der Waals surface area contributed by atoms with Gasteiger partial charge in [-0.25, -0.2) is 0 Å². The minimum atomic E-state index is 0.00361. The van der Waals surface area contributed by atoms with Gasteiger partial charge in [0.25, 0.3) is 0 Å². The molecule has 4 nitrogen and oxygen atoms in total. The predicted molar refractivity (Wildman–Crippen MR) is 80.0 cm³/mol. The molecule has 0 atom stereocenters. The summed E-state index contributed by atoms with van der Waals surface area (Å²) in [4.78, 5) is 13.9. The Kier molecular flexibility index (Phi) is 6.60. The molecule has 1 aromatic carbocycles. The standard InChI is InChI=1S/C13H21N3OS/c1-16(9-10-18-2)8-7-13(17)15-12-6-4-3-5-11(12)14/h3-6H,7-10,14H2,1-2H3,(H,15,17). The SMILES string of the molecule is CSCCN(C)CCC(=O)Nc1ccccc1N. The Balaban J connectivity index is 2.32. The molecule has 0 saturated carbocycles. The highest BCUT2D eigenvalue weighted by Gasteiger charge is 2.06. The number of thioether (sulfide) groups is 1. The fraction of sp³-hybridized carbons (Fsp3) is 0.462. The zero-order valence-corrected chi connectivity index (χ0v) is 11.8. The molecular weight excluding hydrogens is 246 g/mol. The van der Waals surface area contributed by atoms with Crippen molar-refractivity contribution in [2.75, 3.05) is 43.2 Å². The average molecular weight is 267 g/mol. The van der Waals surface area contributed by atoms with E-state index in [0.29, 0.717) is 17.8 Å². The van der Waals surface area contributed by atoms with Crippen molar-refractivity contribution in [3.63, 3.8) is 0 Å². The fourth-order valence-electron chi connectivity index (χ4n) is 1.47. The summed E-state index contributed by atoms with van der Waals surface area (Å²) in [6, 6.07) is 7.29. The monoisotopic (exact) mass is 267 g/mol. The molecule has 0 heterocycles. The van der Waals surface area contributed by atoms with E-state index in [1.807, 2.05) is 37.0 Å². The number of para-hydroxylation sites is 2. The maximum Gasteiger partial charge on any atom is 0.225 e. The lowest BCUT2D eigenvalue weighted by atomic mass is 10.2. The number of amides is 1. The second kappa shape index (κ2) is 8.00. The van der Waals surface area contributed by atoms with Crippen LogP contribution in [0, 0.1) is 0 Å². The molecule has 1 rings (SSSR count). The molecule has 0 unspecified atom stereocenters. The van der Waals surface area contributed by atoms with E-state index in [2.05, 4.69) is 16.5 Å². The second-order valence-corrected chi connectivity index (χ2v) is 5.17. The van der Waals surface area contributed by atoms with Crippen LogP contribution in [-0.4, -0.2) is 43.0 Å². The second-order valence-electron chi connectivity index (χ2n) is 4.18. The van der Waals surface area contributed by atoms with Crippen LogP contribution in [0.1, 0.15) is 6.42 Å². The Labute approximate surface area is 113 Å². The van der Waals surface area contributed by atoms with Crippen LogP contribution in [0.15, 0.2) is 24.3 Å². The van der Waals surface area contributed by atoms with Crippen molar-refractivity contribution in [3.05, 3.63) is 24.3 Å². The number of hydrogen-bond donors (Lipinski definition) is 2. The molecule has 3 N–H and O–H groups in total. The smallest absolute Gasteiger partial charge is 0.225 e. The maximum absolute atomic E-state index is 11.7. The molecule has 1 amide bonds. The number of rotatable bonds is 7. The normalized spacial score (nSPS) is 10.6. The number of carbonyl (C=O) groups excluding carboxylic acids is 1. The molecule has 5 heteroatoms.